The zero-order valence-corrected chi connectivity index (χ0v) is 14.0. The number of nitrogens with one attached hydrogen (secondary N) is 1. The van der Waals surface area contributed by atoms with Crippen LogP contribution in [0, 0.1) is 0 Å². The van der Waals surface area contributed by atoms with Crippen molar-refractivity contribution in [3.63, 3.8) is 0 Å². The molecule has 2 N–H and O–H groups in total. The molecule has 0 spiro atoms. The first-order valence-electron chi connectivity index (χ1n) is 6.25. The lowest BCUT2D eigenvalue weighted by molar-refractivity contribution is -0.137. The van der Waals surface area contributed by atoms with Gasteiger partial charge in [0.05, 0.1) is 0 Å². The van der Waals surface area contributed by atoms with Crippen LogP contribution in [0.1, 0.15) is 26.7 Å². The molecule has 0 aliphatic carbocycles. The highest BCUT2D eigenvalue weighted by molar-refractivity contribution is 7.90. The highest BCUT2D eigenvalue weighted by atomic mass is 32.2. The van der Waals surface area contributed by atoms with Crippen molar-refractivity contribution in [1.29, 1.82) is 0 Å². The Kier molecular flexibility index (Phi) is 5.31. The number of aliphatic carboxylic acids is 1. The Hall–Kier alpha value is -1.52. The van der Waals surface area contributed by atoms with Crippen LogP contribution in [0.2, 0.25) is 0 Å². The number of hydrogen-bond donors (Lipinski definition) is 2. The molecule has 0 amide bonds. The fourth-order valence-electron chi connectivity index (χ4n) is 1.64. The van der Waals surface area contributed by atoms with Crippen LogP contribution in [0.25, 0.3) is 0 Å². The summed E-state index contributed by atoms with van der Waals surface area (Å²) in [6, 6.07) is 2.24. The van der Waals surface area contributed by atoms with Crippen LogP contribution in [-0.2, 0) is 24.7 Å². The predicted octanol–water partition coefficient (Wildman–Crippen LogP) is 0.407. The van der Waals surface area contributed by atoms with Crippen LogP contribution in [0.15, 0.2) is 28.3 Å². The summed E-state index contributed by atoms with van der Waals surface area (Å²) in [5.74, 6) is -1.02. The van der Waals surface area contributed by atoms with Crippen molar-refractivity contribution in [3.8, 4) is 0 Å². The van der Waals surface area contributed by atoms with E-state index in [4.69, 9.17) is 5.11 Å². The molecule has 0 aliphatic heterocycles. The molecule has 0 aromatic carbocycles. The van der Waals surface area contributed by atoms with Crippen LogP contribution in [0.4, 0.5) is 0 Å². The second-order valence-electron chi connectivity index (χ2n) is 5.49. The van der Waals surface area contributed by atoms with Gasteiger partial charge in [-0.2, -0.15) is 0 Å². The molecule has 0 unspecified atom stereocenters. The molecule has 0 saturated carbocycles. The third kappa shape index (κ3) is 5.35. The maximum atomic E-state index is 12.2. The first-order valence-corrected chi connectivity index (χ1v) is 9.63. The zero-order chi connectivity index (χ0) is 17.2. The van der Waals surface area contributed by atoms with Crippen LogP contribution >= 0.6 is 0 Å². The van der Waals surface area contributed by atoms with Gasteiger partial charge in [0, 0.05) is 24.4 Å². The fraction of sp³-hybridized carbons (Fsp3) is 0.500. The van der Waals surface area contributed by atoms with Gasteiger partial charge < -0.3 is 5.11 Å². The van der Waals surface area contributed by atoms with Gasteiger partial charge in [-0.3, -0.25) is 4.79 Å². The van der Waals surface area contributed by atoms with Gasteiger partial charge in [-0.15, -0.1) is 0 Å². The number of sulfone groups is 1. The van der Waals surface area contributed by atoms with E-state index < -0.39 is 31.4 Å². The van der Waals surface area contributed by atoms with Gasteiger partial charge in [0.1, 0.15) is 4.90 Å². The number of sulfonamides is 1. The summed E-state index contributed by atoms with van der Waals surface area (Å²) < 4.78 is 49.4. The number of rotatable bonds is 7. The molecule has 22 heavy (non-hydrogen) atoms. The van der Waals surface area contributed by atoms with Crippen molar-refractivity contribution in [3.05, 3.63) is 18.3 Å². The minimum absolute atomic E-state index is 0.108. The van der Waals surface area contributed by atoms with E-state index in [1.54, 1.807) is 13.8 Å². The van der Waals surface area contributed by atoms with E-state index in [1.807, 2.05) is 0 Å². The zero-order valence-electron chi connectivity index (χ0n) is 12.4. The molecule has 124 valence electrons. The SMILES string of the molecule is CC(C)(CCC(=O)O)NS(=O)(=O)c1ccc(S(C)(=O)=O)nc1. The lowest BCUT2D eigenvalue weighted by Crippen LogP contribution is -2.43. The summed E-state index contributed by atoms with van der Waals surface area (Å²) in [6.45, 7) is 3.12. The smallest absolute Gasteiger partial charge is 0.303 e. The average Bonchev–Trinajstić information content (AvgIpc) is 2.34. The van der Waals surface area contributed by atoms with Crippen molar-refractivity contribution in [2.45, 2.75) is 42.1 Å². The highest BCUT2D eigenvalue weighted by Gasteiger charge is 2.27. The number of carbonyl (C=O) groups is 1. The summed E-state index contributed by atoms with van der Waals surface area (Å²) in [4.78, 5) is 14.0. The van der Waals surface area contributed by atoms with E-state index in [9.17, 15) is 21.6 Å². The molecule has 0 atom stereocenters. The molecule has 0 radical (unpaired) electrons. The summed E-state index contributed by atoms with van der Waals surface area (Å²) in [5.41, 5.74) is -0.966. The number of pyridine rings is 1. The monoisotopic (exact) mass is 350 g/mol. The number of aromatic nitrogens is 1. The molecular formula is C12H18N2O6S2. The molecule has 1 heterocycles. The molecular weight excluding hydrogens is 332 g/mol. The second kappa shape index (κ2) is 6.31. The minimum Gasteiger partial charge on any atom is -0.481 e. The second-order valence-corrected chi connectivity index (χ2v) is 9.13. The molecule has 8 nitrogen and oxygen atoms in total. The van der Waals surface area contributed by atoms with Crippen molar-refractivity contribution in [2.24, 2.45) is 0 Å². The Labute approximate surface area is 129 Å². The third-order valence-electron chi connectivity index (χ3n) is 2.77. The van der Waals surface area contributed by atoms with Gasteiger partial charge in [-0.25, -0.2) is 26.5 Å². The summed E-state index contributed by atoms with van der Waals surface area (Å²) in [6.07, 6.45) is 1.85. The normalized spacial score (nSPS) is 13.0. The van der Waals surface area contributed by atoms with Gasteiger partial charge in [-0.05, 0) is 32.4 Å². The lowest BCUT2D eigenvalue weighted by atomic mass is 10.0. The Morgan fingerprint density at radius 1 is 1.27 bits per heavy atom. The molecule has 0 aliphatic rings. The Morgan fingerprint density at radius 3 is 2.27 bits per heavy atom. The summed E-state index contributed by atoms with van der Waals surface area (Å²) in [5, 5.41) is 8.43. The largest absolute Gasteiger partial charge is 0.481 e. The van der Waals surface area contributed by atoms with E-state index >= 15 is 0 Å². The number of carboxylic acid groups (broad SMARTS) is 1. The first-order chi connectivity index (χ1) is 9.83. The summed E-state index contributed by atoms with van der Waals surface area (Å²) in [7, 11) is -7.44. The van der Waals surface area contributed by atoms with Crippen LogP contribution in [0.3, 0.4) is 0 Å². The standard InChI is InChI=1S/C12H18N2O6S2/c1-12(2,7-6-11(15)16)14-22(19,20)9-4-5-10(13-8-9)21(3,17)18/h4-5,8,14H,6-7H2,1-3H3,(H,15,16). The van der Waals surface area contributed by atoms with Gasteiger partial charge in [-0.1, -0.05) is 0 Å². The van der Waals surface area contributed by atoms with E-state index in [-0.39, 0.29) is 22.8 Å². The van der Waals surface area contributed by atoms with E-state index in [1.165, 1.54) is 0 Å². The number of carboxylic acids is 1. The molecule has 1 aromatic heterocycles. The van der Waals surface area contributed by atoms with Crippen LogP contribution < -0.4 is 4.72 Å². The predicted molar refractivity (Wildman–Crippen MR) is 78.6 cm³/mol. The maximum Gasteiger partial charge on any atom is 0.303 e. The summed E-state index contributed by atoms with van der Waals surface area (Å²) >= 11 is 0. The molecule has 10 heteroatoms. The van der Waals surface area contributed by atoms with E-state index in [2.05, 4.69) is 9.71 Å². The topological polar surface area (TPSA) is 130 Å². The molecule has 0 saturated heterocycles. The number of hydrogen-bond acceptors (Lipinski definition) is 6. The lowest BCUT2D eigenvalue weighted by Gasteiger charge is -2.25. The average molecular weight is 350 g/mol. The Morgan fingerprint density at radius 2 is 1.86 bits per heavy atom. The maximum absolute atomic E-state index is 12.2. The quantitative estimate of drug-likeness (QED) is 0.728. The highest BCUT2D eigenvalue weighted by Crippen LogP contribution is 2.17. The first kappa shape index (κ1) is 18.5. The molecule has 1 rings (SSSR count). The van der Waals surface area contributed by atoms with Crippen molar-refractivity contribution >= 4 is 25.8 Å². The molecule has 0 fully saturated rings. The fourth-order valence-corrected chi connectivity index (χ4v) is 3.58. The van der Waals surface area contributed by atoms with Crippen LogP contribution in [0.5, 0.6) is 0 Å². The number of nitrogens with zero attached hydrogens (tertiary/aromatic N) is 1. The van der Waals surface area contributed by atoms with Gasteiger partial charge >= 0.3 is 5.97 Å². The molecule has 1 aromatic rings. The third-order valence-corrected chi connectivity index (χ3v) is 5.46. The van der Waals surface area contributed by atoms with Crippen LogP contribution in [-0.4, -0.2) is 44.7 Å². The van der Waals surface area contributed by atoms with E-state index in [0.717, 1.165) is 24.6 Å². The van der Waals surface area contributed by atoms with Crippen molar-refractivity contribution in [2.75, 3.05) is 6.26 Å². The Balaban J connectivity index is 2.97. The van der Waals surface area contributed by atoms with Gasteiger partial charge in [0.25, 0.3) is 0 Å². The van der Waals surface area contributed by atoms with Gasteiger partial charge in [0.2, 0.25) is 10.0 Å². The minimum atomic E-state index is -3.93. The van der Waals surface area contributed by atoms with Crippen molar-refractivity contribution < 1.29 is 26.7 Å². The Bertz CT molecular complexity index is 751. The molecule has 0 bridgehead atoms. The van der Waals surface area contributed by atoms with E-state index in [0.29, 0.717) is 0 Å². The van der Waals surface area contributed by atoms with Gasteiger partial charge in [0.15, 0.2) is 14.9 Å². The van der Waals surface area contributed by atoms with Crippen molar-refractivity contribution in [1.82, 2.24) is 9.71 Å².